The van der Waals surface area contributed by atoms with E-state index >= 15 is 0 Å². The summed E-state index contributed by atoms with van der Waals surface area (Å²) in [4.78, 5) is 16.6. The van der Waals surface area contributed by atoms with Crippen molar-refractivity contribution in [2.24, 2.45) is 0 Å². The molecule has 3 aromatic rings. The molecule has 0 spiro atoms. The average Bonchev–Trinajstić information content (AvgIpc) is 2.66. The minimum Gasteiger partial charge on any atom is -0.437 e. The van der Waals surface area contributed by atoms with Gasteiger partial charge >= 0.3 is 6.03 Å². The van der Waals surface area contributed by atoms with E-state index in [-0.39, 0.29) is 5.92 Å². The van der Waals surface area contributed by atoms with Crippen molar-refractivity contribution >= 4 is 40.6 Å². The first kappa shape index (κ1) is 20.0. The highest BCUT2D eigenvalue weighted by molar-refractivity contribution is 6.42. The van der Waals surface area contributed by atoms with E-state index in [4.69, 9.17) is 27.9 Å². The molecule has 2 amide bonds. The number of carbonyl (C=O) groups is 1. The molecule has 0 aliphatic heterocycles. The zero-order valence-corrected chi connectivity index (χ0v) is 16.9. The zero-order valence-electron chi connectivity index (χ0n) is 15.4. The number of rotatable bonds is 5. The summed E-state index contributed by atoms with van der Waals surface area (Å²) >= 11 is 11.9. The average molecular weight is 416 g/mol. The van der Waals surface area contributed by atoms with Gasteiger partial charge in [0, 0.05) is 11.9 Å². The van der Waals surface area contributed by atoms with E-state index in [9.17, 15) is 4.79 Å². The molecule has 0 saturated heterocycles. The molecule has 5 nitrogen and oxygen atoms in total. The minimum atomic E-state index is -0.451. The van der Waals surface area contributed by atoms with Gasteiger partial charge in [0.25, 0.3) is 0 Å². The summed E-state index contributed by atoms with van der Waals surface area (Å²) < 4.78 is 6.00. The van der Waals surface area contributed by atoms with Crippen molar-refractivity contribution in [1.82, 2.24) is 4.98 Å². The normalized spacial score (nSPS) is 10.6. The van der Waals surface area contributed by atoms with Crippen LogP contribution >= 0.6 is 23.2 Å². The molecular formula is C21H19Cl2N3O2. The Kier molecular flexibility index (Phi) is 6.39. The topological polar surface area (TPSA) is 63.2 Å². The third-order valence-electron chi connectivity index (χ3n) is 3.94. The van der Waals surface area contributed by atoms with Crippen LogP contribution < -0.4 is 15.4 Å². The quantitative estimate of drug-likeness (QED) is 0.473. The fraction of sp³-hybridized carbons (Fsp3) is 0.143. The summed E-state index contributed by atoms with van der Waals surface area (Å²) in [5.74, 6) is 1.29. The highest BCUT2D eigenvalue weighted by Crippen LogP contribution is 2.33. The van der Waals surface area contributed by atoms with E-state index in [1.54, 1.807) is 36.5 Å². The molecule has 0 aliphatic carbocycles. The molecule has 1 heterocycles. The molecule has 0 aliphatic rings. The van der Waals surface area contributed by atoms with Crippen molar-refractivity contribution in [2.75, 3.05) is 10.6 Å². The third kappa shape index (κ3) is 4.94. The molecule has 2 aromatic carbocycles. The fourth-order valence-corrected chi connectivity index (χ4v) is 2.88. The van der Waals surface area contributed by atoms with Gasteiger partial charge in [-0.3, -0.25) is 0 Å². The Bertz CT molecular complexity index is 993. The summed E-state index contributed by atoms with van der Waals surface area (Å²) in [6.45, 7) is 4.18. The van der Waals surface area contributed by atoms with Gasteiger partial charge in [-0.15, -0.1) is 0 Å². The van der Waals surface area contributed by atoms with Gasteiger partial charge in [-0.2, -0.15) is 0 Å². The largest absolute Gasteiger partial charge is 0.437 e. The van der Waals surface area contributed by atoms with E-state index in [2.05, 4.69) is 29.5 Å². The summed E-state index contributed by atoms with van der Waals surface area (Å²) in [5.41, 5.74) is 2.02. The number of ether oxygens (including phenoxy) is 1. The number of anilines is 2. The molecule has 0 unspecified atom stereocenters. The van der Waals surface area contributed by atoms with Gasteiger partial charge in [-0.05, 0) is 47.9 Å². The lowest BCUT2D eigenvalue weighted by atomic mass is 10.0. The molecule has 3 rings (SSSR count). The maximum absolute atomic E-state index is 12.4. The molecule has 7 heteroatoms. The van der Waals surface area contributed by atoms with Crippen LogP contribution in [0.2, 0.25) is 10.0 Å². The Labute approximate surface area is 173 Å². The van der Waals surface area contributed by atoms with E-state index < -0.39 is 6.03 Å². The van der Waals surface area contributed by atoms with Gasteiger partial charge in [0.1, 0.15) is 11.4 Å². The maximum Gasteiger partial charge on any atom is 0.323 e. The molecule has 0 atom stereocenters. The van der Waals surface area contributed by atoms with Crippen molar-refractivity contribution < 1.29 is 9.53 Å². The monoisotopic (exact) mass is 415 g/mol. The highest BCUT2D eigenvalue weighted by atomic mass is 35.5. The van der Waals surface area contributed by atoms with Gasteiger partial charge < -0.3 is 15.4 Å². The first-order chi connectivity index (χ1) is 13.4. The number of aromatic nitrogens is 1. The summed E-state index contributed by atoms with van der Waals surface area (Å²) in [6.07, 6.45) is 1.61. The molecule has 144 valence electrons. The molecule has 1 aromatic heterocycles. The molecule has 0 saturated carbocycles. The van der Waals surface area contributed by atoms with Crippen LogP contribution in [0.15, 0.2) is 60.8 Å². The Hall–Kier alpha value is -2.76. The standard InChI is InChI=1S/C21H19Cl2N3O2/c1-13(2)15-6-3-4-8-19(15)28-20-18(7-5-11-24-20)26-21(27)25-14-9-10-16(22)17(23)12-14/h3-13H,1-2H3,(H2,25,26,27). The number of nitrogens with zero attached hydrogens (tertiary/aromatic N) is 1. The highest BCUT2D eigenvalue weighted by Gasteiger charge is 2.13. The number of carbonyl (C=O) groups excluding carboxylic acids is 1. The number of nitrogens with one attached hydrogen (secondary N) is 2. The minimum absolute atomic E-state index is 0.286. The van der Waals surface area contributed by atoms with Crippen molar-refractivity contribution in [3.63, 3.8) is 0 Å². The fourth-order valence-electron chi connectivity index (χ4n) is 2.58. The summed E-state index contributed by atoms with van der Waals surface area (Å²) in [6, 6.07) is 15.6. The summed E-state index contributed by atoms with van der Waals surface area (Å²) in [5, 5.41) is 6.22. The second-order valence-electron chi connectivity index (χ2n) is 6.36. The lowest BCUT2D eigenvalue weighted by Gasteiger charge is -2.15. The second-order valence-corrected chi connectivity index (χ2v) is 7.17. The Balaban J connectivity index is 1.77. The Morgan fingerprint density at radius 3 is 2.54 bits per heavy atom. The number of pyridine rings is 1. The second kappa shape index (κ2) is 8.95. The van der Waals surface area contributed by atoms with Gasteiger partial charge in [-0.1, -0.05) is 55.2 Å². The van der Waals surface area contributed by atoms with Crippen LogP contribution in [-0.2, 0) is 0 Å². The van der Waals surface area contributed by atoms with Crippen molar-refractivity contribution in [3.8, 4) is 11.6 Å². The van der Waals surface area contributed by atoms with E-state index in [0.717, 1.165) is 5.56 Å². The van der Waals surface area contributed by atoms with Crippen LogP contribution in [-0.4, -0.2) is 11.0 Å². The van der Waals surface area contributed by atoms with E-state index in [1.165, 1.54) is 0 Å². The number of hydrogen-bond donors (Lipinski definition) is 2. The number of urea groups is 1. The number of benzene rings is 2. The van der Waals surface area contributed by atoms with Crippen LogP contribution in [0, 0.1) is 0 Å². The van der Waals surface area contributed by atoms with Crippen molar-refractivity contribution in [1.29, 1.82) is 0 Å². The van der Waals surface area contributed by atoms with Gasteiger partial charge in [-0.25, -0.2) is 9.78 Å². The first-order valence-corrected chi connectivity index (χ1v) is 9.44. The van der Waals surface area contributed by atoms with E-state index in [0.29, 0.717) is 33.0 Å². The first-order valence-electron chi connectivity index (χ1n) is 8.69. The smallest absolute Gasteiger partial charge is 0.323 e. The number of hydrogen-bond acceptors (Lipinski definition) is 3. The van der Waals surface area contributed by atoms with Gasteiger partial charge in [0.2, 0.25) is 5.88 Å². The number of para-hydroxylation sites is 1. The Morgan fingerprint density at radius 2 is 1.79 bits per heavy atom. The van der Waals surface area contributed by atoms with Gasteiger partial charge in [0.15, 0.2) is 0 Å². The maximum atomic E-state index is 12.4. The van der Waals surface area contributed by atoms with Crippen molar-refractivity contribution in [3.05, 3.63) is 76.4 Å². The summed E-state index contributed by atoms with van der Waals surface area (Å²) in [7, 11) is 0. The van der Waals surface area contributed by atoms with E-state index in [1.807, 2.05) is 24.3 Å². The van der Waals surface area contributed by atoms with Gasteiger partial charge in [0.05, 0.1) is 10.0 Å². The lowest BCUT2D eigenvalue weighted by molar-refractivity contribution is 0.262. The molecular weight excluding hydrogens is 397 g/mol. The molecule has 2 N–H and O–H groups in total. The molecule has 28 heavy (non-hydrogen) atoms. The number of halogens is 2. The molecule has 0 bridgehead atoms. The SMILES string of the molecule is CC(C)c1ccccc1Oc1ncccc1NC(=O)Nc1ccc(Cl)c(Cl)c1. The molecule has 0 radical (unpaired) electrons. The van der Waals surface area contributed by atoms with Crippen LogP contribution in [0.5, 0.6) is 11.6 Å². The third-order valence-corrected chi connectivity index (χ3v) is 4.68. The lowest BCUT2D eigenvalue weighted by Crippen LogP contribution is -2.20. The van der Waals surface area contributed by atoms with Crippen LogP contribution in [0.1, 0.15) is 25.3 Å². The van der Waals surface area contributed by atoms with Crippen LogP contribution in [0.3, 0.4) is 0 Å². The van der Waals surface area contributed by atoms with Crippen molar-refractivity contribution in [2.45, 2.75) is 19.8 Å². The molecule has 0 fully saturated rings. The predicted molar refractivity (Wildman–Crippen MR) is 114 cm³/mol. The van der Waals surface area contributed by atoms with Crippen LogP contribution in [0.4, 0.5) is 16.2 Å². The zero-order chi connectivity index (χ0) is 20.1. The predicted octanol–water partition coefficient (Wildman–Crippen LogP) is 6.95. The van der Waals surface area contributed by atoms with Crippen LogP contribution in [0.25, 0.3) is 0 Å². The Morgan fingerprint density at radius 1 is 1.00 bits per heavy atom. The number of amides is 2.